The van der Waals surface area contributed by atoms with E-state index in [0.29, 0.717) is 11.8 Å². The summed E-state index contributed by atoms with van der Waals surface area (Å²) in [6.45, 7) is 8.97. The highest BCUT2D eigenvalue weighted by molar-refractivity contribution is 6.01. The zero-order valence-electron chi connectivity index (χ0n) is 44.7. The summed E-state index contributed by atoms with van der Waals surface area (Å²) >= 11 is 0. The highest BCUT2D eigenvalue weighted by Crippen LogP contribution is 2.45. The van der Waals surface area contributed by atoms with Crippen molar-refractivity contribution in [2.75, 3.05) is 19.6 Å². The molecule has 0 unspecified atom stereocenters. The van der Waals surface area contributed by atoms with Crippen LogP contribution in [0.15, 0.2) is 291 Å². The number of anilines is 12. The third kappa shape index (κ3) is 10.0. The summed E-state index contributed by atoms with van der Waals surface area (Å²) in [5.74, 6) is 0.923. The summed E-state index contributed by atoms with van der Waals surface area (Å²) in [7, 11) is 0. The van der Waals surface area contributed by atoms with Gasteiger partial charge in [-0.3, -0.25) is 0 Å². The molecule has 12 aromatic rings. The minimum Gasteiger partial charge on any atom is -0.311 e. The molecule has 12 rings (SSSR count). The van der Waals surface area contributed by atoms with Gasteiger partial charge in [-0.2, -0.15) is 0 Å². The Bertz CT molecular complexity index is 3660. The summed E-state index contributed by atoms with van der Waals surface area (Å²) < 4.78 is 0. The number of hydrogen-bond donors (Lipinski definition) is 0. The molecule has 0 saturated carbocycles. The Morgan fingerprint density at radius 2 is 0.449 bits per heavy atom. The molecule has 0 aliphatic heterocycles. The molecule has 0 radical (unpaired) electrons. The molecule has 378 valence electrons. The fourth-order valence-corrected chi connectivity index (χ4v) is 10.8. The quantitative estimate of drug-likeness (QED) is 0.101. The topological polar surface area (TPSA) is 13.0 Å². The second kappa shape index (κ2) is 21.9. The summed E-state index contributed by atoms with van der Waals surface area (Å²) in [5.41, 5.74) is 18.1. The molecule has 0 aliphatic rings. The summed E-state index contributed by atoms with van der Waals surface area (Å²) in [5, 5.41) is 4.78. The molecule has 12 aromatic carbocycles. The Hall–Kier alpha value is -9.64. The predicted octanol–water partition coefficient (Wildman–Crippen LogP) is 21.8. The average molecular weight is 1010 g/mol. The molecule has 0 heterocycles. The van der Waals surface area contributed by atoms with E-state index >= 15 is 0 Å². The van der Waals surface area contributed by atoms with Crippen LogP contribution in [0, 0.1) is 0 Å². The Morgan fingerprint density at radius 3 is 0.769 bits per heavy atom. The number of benzene rings is 12. The maximum Gasteiger partial charge on any atom is 0.0540 e. The lowest BCUT2D eigenvalue weighted by molar-refractivity contribution is 0.866. The van der Waals surface area contributed by atoms with Crippen molar-refractivity contribution in [3.05, 3.63) is 302 Å². The summed E-state index contributed by atoms with van der Waals surface area (Å²) in [4.78, 5) is 9.44. The maximum atomic E-state index is 2.39. The standard InChI is InChI=1S/C74H62N4/c1-53(2)55-29-37-63(38-30-55)75(61-21-7-5-8-22-61)65-45-49-69(50-46-65)77(73-27-15-19-59-17-11-13-25-71(59)73)67-41-33-57(34-42-67)58-35-43-68(44-36-58)78(74-28-16-20-60-18-12-14-26-72(60)74)70-51-47-66(48-52-70)76(62-23-9-6-10-24-62)64-39-31-56(32-40-64)54(3)4/h5-54H,1-4H3. The van der Waals surface area contributed by atoms with Crippen LogP contribution in [0.1, 0.15) is 50.7 Å². The monoisotopic (exact) mass is 1010 g/mol. The lowest BCUT2D eigenvalue weighted by atomic mass is 10.0. The first-order valence-electron chi connectivity index (χ1n) is 27.2. The van der Waals surface area contributed by atoms with E-state index < -0.39 is 0 Å². The lowest BCUT2D eigenvalue weighted by Gasteiger charge is -2.29. The number of hydrogen-bond acceptors (Lipinski definition) is 4. The molecule has 4 heteroatoms. The van der Waals surface area contributed by atoms with Gasteiger partial charge in [-0.1, -0.05) is 185 Å². The van der Waals surface area contributed by atoms with E-state index in [1.165, 1.54) is 32.7 Å². The molecule has 0 fully saturated rings. The second-order valence-electron chi connectivity index (χ2n) is 20.6. The Kier molecular flexibility index (Phi) is 13.8. The first-order valence-corrected chi connectivity index (χ1v) is 27.2. The van der Waals surface area contributed by atoms with Crippen molar-refractivity contribution in [2.24, 2.45) is 0 Å². The van der Waals surface area contributed by atoms with Gasteiger partial charge in [-0.25, -0.2) is 0 Å². The van der Waals surface area contributed by atoms with E-state index in [2.05, 4.69) is 338 Å². The van der Waals surface area contributed by atoms with Gasteiger partial charge in [0.1, 0.15) is 0 Å². The minimum absolute atomic E-state index is 0.461. The largest absolute Gasteiger partial charge is 0.311 e. The fraction of sp³-hybridized carbons (Fsp3) is 0.0811. The molecule has 0 bridgehead atoms. The van der Waals surface area contributed by atoms with Gasteiger partial charge in [-0.15, -0.1) is 0 Å². The van der Waals surface area contributed by atoms with Crippen LogP contribution >= 0.6 is 0 Å². The van der Waals surface area contributed by atoms with Gasteiger partial charge in [0.15, 0.2) is 0 Å². The van der Waals surface area contributed by atoms with Gasteiger partial charge < -0.3 is 19.6 Å². The van der Waals surface area contributed by atoms with Crippen LogP contribution in [0.3, 0.4) is 0 Å². The van der Waals surface area contributed by atoms with E-state index in [-0.39, 0.29) is 0 Å². The number of nitrogens with zero attached hydrogens (tertiary/aromatic N) is 4. The smallest absolute Gasteiger partial charge is 0.0540 e. The van der Waals surface area contributed by atoms with Crippen LogP contribution < -0.4 is 19.6 Å². The molecule has 0 aliphatic carbocycles. The van der Waals surface area contributed by atoms with Crippen molar-refractivity contribution in [1.29, 1.82) is 0 Å². The van der Waals surface area contributed by atoms with Crippen molar-refractivity contribution >= 4 is 89.8 Å². The van der Waals surface area contributed by atoms with Gasteiger partial charge in [-0.05, 0) is 178 Å². The van der Waals surface area contributed by atoms with E-state index in [0.717, 1.165) is 79.4 Å². The van der Waals surface area contributed by atoms with Gasteiger partial charge in [0.05, 0.1) is 11.4 Å². The molecule has 0 N–H and O–H groups in total. The Balaban J connectivity index is 0.884. The fourth-order valence-electron chi connectivity index (χ4n) is 10.8. The van der Waals surface area contributed by atoms with Gasteiger partial charge in [0.2, 0.25) is 0 Å². The van der Waals surface area contributed by atoms with Crippen molar-refractivity contribution in [3.8, 4) is 11.1 Å². The normalized spacial score (nSPS) is 11.3. The first-order chi connectivity index (χ1) is 38.3. The molecule has 0 spiro atoms. The Labute approximate surface area is 460 Å². The van der Waals surface area contributed by atoms with Crippen molar-refractivity contribution in [2.45, 2.75) is 39.5 Å². The number of fused-ring (bicyclic) bond motifs is 2. The van der Waals surface area contributed by atoms with Crippen LogP contribution in [-0.4, -0.2) is 0 Å². The lowest BCUT2D eigenvalue weighted by Crippen LogP contribution is -2.12. The molecular formula is C74H62N4. The van der Waals surface area contributed by atoms with Crippen LogP contribution in [-0.2, 0) is 0 Å². The zero-order chi connectivity index (χ0) is 53.0. The van der Waals surface area contributed by atoms with Crippen molar-refractivity contribution in [3.63, 3.8) is 0 Å². The third-order valence-corrected chi connectivity index (χ3v) is 15.0. The second-order valence-corrected chi connectivity index (χ2v) is 20.6. The third-order valence-electron chi connectivity index (χ3n) is 15.0. The van der Waals surface area contributed by atoms with Crippen molar-refractivity contribution < 1.29 is 0 Å². The average Bonchev–Trinajstić information content (AvgIpc) is 3.58. The number of para-hydroxylation sites is 2. The molecular weight excluding hydrogens is 945 g/mol. The molecule has 78 heavy (non-hydrogen) atoms. The molecule has 0 saturated heterocycles. The molecule has 0 aromatic heterocycles. The molecule has 0 amide bonds. The highest BCUT2D eigenvalue weighted by Gasteiger charge is 2.21. The Morgan fingerprint density at radius 1 is 0.205 bits per heavy atom. The van der Waals surface area contributed by atoms with E-state index in [1.807, 2.05) is 0 Å². The maximum absolute atomic E-state index is 2.39. The number of rotatable bonds is 15. The van der Waals surface area contributed by atoms with Crippen LogP contribution in [0.5, 0.6) is 0 Å². The van der Waals surface area contributed by atoms with Gasteiger partial charge >= 0.3 is 0 Å². The first kappa shape index (κ1) is 49.2. The SMILES string of the molecule is CC(C)c1ccc(N(c2ccccc2)c2ccc(N(c3ccc(-c4ccc(N(c5ccc(N(c6ccccc6)c6ccc(C(C)C)cc6)cc5)c5cccc6ccccc56)cc4)cc3)c3cccc4ccccc34)cc2)cc1. The zero-order valence-corrected chi connectivity index (χ0v) is 44.7. The minimum atomic E-state index is 0.461. The molecule has 4 nitrogen and oxygen atoms in total. The van der Waals surface area contributed by atoms with E-state index in [4.69, 9.17) is 0 Å². The van der Waals surface area contributed by atoms with E-state index in [9.17, 15) is 0 Å². The van der Waals surface area contributed by atoms with Gasteiger partial charge in [0, 0.05) is 67.6 Å². The highest BCUT2D eigenvalue weighted by atomic mass is 15.2. The predicted molar refractivity (Wildman–Crippen MR) is 334 cm³/mol. The van der Waals surface area contributed by atoms with Crippen LogP contribution in [0.25, 0.3) is 32.7 Å². The van der Waals surface area contributed by atoms with Crippen LogP contribution in [0.2, 0.25) is 0 Å². The summed E-state index contributed by atoms with van der Waals surface area (Å²) in [6, 6.07) is 106. The van der Waals surface area contributed by atoms with Crippen molar-refractivity contribution in [1.82, 2.24) is 0 Å². The van der Waals surface area contributed by atoms with Gasteiger partial charge in [0.25, 0.3) is 0 Å². The van der Waals surface area contributed by atoms with Crippen LogP contribution in [0.4, 0.5) is 68.2 Å². The summed E-state index contributed by atoms with van der Waals surface area (Å²) in [6.07, 6.45) is 0. The molecule has 0 atom stereocenters. The van der Waals surface area contributed by atoms with E-state index in [1.54, 1.807) is 0 Å².